The highest BCUT2D eigenvalue weighted by Gasteiger charge is 2.20. The van der Waals surface area contributed by atoms with Gasteiger partial charge in [0, 0.05) is 5.56 Å². The molecule has 0 N–H and O–H groups in total. The number of hydrogen-bond donors (Lipinski definition) is 0. The zero-order valence-corrected chi connectivity index (χ0v) is 9.11. The minimum absolute atomic E-state index is 0.322. The highest BCUT2D eigenvalue weighted by Crippen LogP contribution is 2.22. The Morgan fingerprint density at radius 1 is 1.07 bits per heavy atom. The molecule has 0 bridgehead atoms. The number of carbonyl (C=O) groups is 1. The van der Waals surface area contributed by atoms with Crippen LogP contribution in [0.15, 0.2) is 30.3 Å². The lowest BCUT2D eigenvalue weighted by atomic mass is 9.39. The van der Waals surface area contributed by atoms with E-state index in [1.165, 1.54) is 31.9 Å². The second-order valence-electron chi connectivity index (χ2n) is 4.50. The van der Waals surface area contributed by atoms with Gasteiger partial charge in [-0.3, -0.25) is 4.79 Å². The standard InChI is InChI=1S/C13H17BO/c15-13(12-7-3-1-4-8-12)11-14-9-5-2-6-10-14/h1,3-4,7-8H,2,5-6,9-11H2. The van der Waals surface area contributed by atoms with Crippen molar-refractivity contribution in [1.29, 1.82) is 0 Å². The van der Waals surface area contributed by atoms with Crippen LogP contribution in [0.4, 0.5) is 0 Å². The Bertz CT molecular complexity index is 315. The minimum Gasteiger partial charge on any atom is -0.295 e. The van der Waals surface area contributed by atoms with Crippen LogP contribution in [0.2, 0.25) is 19.0 Å². The molecule has 1 aliphatic rings. The van der Waals surface area contributed by atoms with Crippen molar-refractivity contribution in [3.8, 4) is 0 Å². The molecule has 2 heteroatoms. The van der Waals surface area contributed by atoms with Gasteiger partial charge in [0.15, 0.2) is 5.78 Å². The molecule has 78 valence electrons. The van der Waals surface area contributed by atoms with Crippen LogP contribution in [0.1, 0.15) is 29.6 Å². The summed E-state index contributed by atoms with van der Waals surface area (Å²) in [5, 5.41) is 0. The Balaban J connectivity index is 1.91. The average molecular weight is 200 g/mol. The van der Waals surface area contributed by atoms with Crippen molar-refractivity contribution in [2.75, 3.05) is 0 Å². The van der Waals surface area contributed by atoms with E-state index in [0.717, 1.165) is 11.9 Å². The van der Waals surface area contributed by atoms with Crippen molar-refractivity contribution >= 4 is 12.5 Å². The molecule has 0 saturated carbocycles. The van der Waals surface area contributed by atoms with Crippen LogP contribution in [-0.4, -0.2) is 12.5 Å². The van der Waals surface area contributed by atoms with Gasteiger partial charge in [0.1, 0.15) is 6.71 Å². The van der Waals surface area contributed by atoms with Crippen LogP contribution in [0.5, 0.6) is 0 Å². The Morgan fingerprint density at radius 3 is 2.40 bits per heavy atom. The smallest absolute Gasteiger partial charge is 0.155 e. The Morgan fingerprint density at radius 2 is 1.73 bits per heavy atom. The number of ketones is 1. The van der Waals surface area contributed by atoms with Crippen LogP contribution < -0.4 is 0 Å². The molecule has 0 radical (unpaired) electrons. The SMILES string of the molecule is O=C(CB1CCCCC1)c1ccccc1. The van der Waals surface area contributed by atoms with Crippen molar-refractivity contribution in [3.63, 3.8) is 0 Å². The summed E-state index contributed by atoms with van der Waals surface area (Å²) in [6.45, 7) is 0.645. The van der Waals surface area contributed by atoms with Crippen LogP contribution in [0.3, 0.4) is 0 Å². The number of rotatable bonds is 3. The molecule has 0 amide bonds. The van der Waals surface area contributed by atoms with E-state index in [1.54, 1.807) is 0 Å². The summed E-state index contributed by atoms with van der Waals surface area (Å²) < 4.78 is 0. The minimum atomic E-state index is 0.322. The summed E-state index contributed by atoms with van der Waals surface area (Å²) in [6, 6.07) is 9.68. The van der Waals surface area contributed by atoms with Crippen LogP contribution in [0, 0.1) is 0 Å². The number of Topliss-reactive ketones (excluding diaryl/α,β-unsaturated/α-hetero) is 1. The maximum absolute atomic E-state index is 11.9. The quantitative estimate of drug-likeness (QED) is 0.538. The molecule has 1 saturated heterocycles. The summed E-state index contributed by atoms with van der Waals surface area (Å²) in [6.07, 6.45) is 7.23. The van der Waals surface area contributed by atoms with E-state index in [9.17, 15) is 4.79 Å². The molecule has 0 spiro atoms. The van der Waals surface area contributed by atoms with Gasteiger partial charge in [-0.25, -0.2) is 0 Å². The van der Waals surface area contributed by atoms with Crippen LogP contribution in [0.25, 0.3) is 0 Å². The molecule has 15 heavy (non-hydrogen) atoms. The zero-order chi connectivity index (χ0) is 10.5. The summed E-state index contributed by atoms with van der Waals surface area (Å²) in [4.78, 5) is 11.9. The Labute approximate surface area is 92.0 Å². The van der Waals surface area contributed by atoms with Crippen molar-refractivity contribution in [2.24, 2.45) is 0 Å². The van der Waals surface area contributed by atoms with Gasteiger partial charge in [0.25, 0.3) is 0 Å². The van der Waals surface area contributed by atoms with Crippen molar-refractivity contribution < 1.29 is 4.79 Å². The van der Waals surface area contributed by atoms with Gasteiger partial charge in [-0.1, -0.05) is 62.2 Å². The molecule has 1 nitrogen and oxygen atoms in total. The Kier molecular flexibility index (Phi) is 3.60. The van der Waals surface area contributed by atoms with Gasteiger partial charge >= 0.3 is 0 Å². The van der Waals surface area contributed by atoms with Crippen molar-refractivity contribution in [3.05, 3.63) is 35.9 Å². The predicted octanol–water partition coefficient (Wildman–Crippen LogP) is 3.55. The molecule has 1 aliphatic heterocycles. The third-order valence-corrected chi connectivity index (χ3v) is 3.29. The first-order valence-corrected chi connectivity index (χ1v) is 5.94. The first kappa shape index (κ1) is 10.5. The Hall–Kier alpha value is -1.05. The van der Waals surface area contributed by atoms with Gasteiger partial charge in [-0.2, -0.15) is 0 Å². The lowest BCUT2D eigenvalue weighted by Crippen LogP contribution is -2.20. The second-order valence-corrected chi connectivity index (χ2v) is 4.50. The molecule has 0 aliphatic carbocycles. The molecule has 1 heterocycles. The monoisotopic (exact) mass is 200 g/mol. The molecule has 1 aromatic carbocycles. The fraction of sp³-hybridized carbons (Fsp3) is 0.462. The van der Waals surface area contributed by atoms with Crippen LogP contribution in [-0.2, 0) is 0 Å². The lowest BCUT2D eigenvalue weighted by Gasteiger charge is -2.17. The number of hydrogen-bond acceptors (Lipinski definition) is 1. The normalized spacial score (nSPS) is 16.4. The fourth-order valence-electron chi connectivity index (χ4n) is 2.40. The molecule has 1 aromatic rings. The van der Waals surface area contributed by atoms with Gasteiger partial charge < -0.3 is 0 Å². The van der Waals surface area contributed by atoms with E-state index in [-0.39, 0.29) is 0 Å². The van der Waals surface area contributed by atoms with Crippen LogP contribution >= 0.6 is 0 Å². The largest absolute Gasteiger partial charge is 0.295 e. The molecule has 0 aromatic heterocycles. The fourth-order valence-corrected chi connectivity index (χ4v) is 2.40. The molecule has 1 fully saturated rings. The average Bonchev–Trinajstić information content (AvgIpc) is 2.31. The third kappa shape index (κ3) is 2.95. The van der Waals surface area contributed by atoms with Gasteiger partial charge in [-0.05, 0) is 6.32 Å². The summed E-state index contributed by atoms with van der Waals surface area (Å²) in [5.74, 6) is 0.322. The molecule has 0 unspecified atom stereocenters. The lowest BCUT2D eigenvalue weighted by molar-refractivity contribution is 0.101. The van der Waals surface area contributed by atoms with E-state index in [4.69, 9.17) is 0 Å². The third-order valence-electron chi connectivity index (χ3n) is 3.29. The van der Waals surface area contributed by atoms with E-state index in [2.05, 4.69) is 0 Å². The van der Waals surface area contributed by atoms with Gasteiger partial charge in [0.2, 0.25) is 0 Å². The molecule has 0 atom stereocenters. The molecular weight excluding hydrogens is 183 g/mol. The summed E-state index contributed by atoms with van der Waals surface area (Å²) >= 11 is 0. The number of benzene rings is 1. The second kappa shape index (κ2) is 5.15. The van der Waals surface area contributed by atoms with Crippen molar-refractivity contribution in [2.45, 2.75) is 38.2 Å². The maximum Gasteiger partial charge on any atom is 0.155 e. The summed E-state index contributed by atoms with van der Waals surface area (Å²) in [5.41, 5.74) is 0.878. The van der Waals surface area contributed by atoms with Crippen molar-refractivity contribution in [1.82, 2.24) is 0 Å². The van der Waals surface area contributed by atoms with Gasteiger partial charge in [-0.15, -0.1) is 0 Å². The summed E-state index contributed by atoms with van der Waals surface area (Å²) in [7, 11) is 0. The maximum atomic E-state index is 11.9. The van der Waals surface area contributed by atoms with Gasteiger partial charge in [0.05, 0.1) is 0 Å². The first-order chi connectivity index (χ1) is 7.36. The van der Waals surface area contributed by atoms with E-state index in [1.807, 2.05) is 30.3 Å². The molecule has 2 rings (SSSR count). The highest BCUT2D eigenvalue weighted by molar-refractivity contribution is 6.63. The molecular formula is C13H17BO. The highest BCUT2D eigenvalue weighted by atomic mass is 16.1. The topological polar surface area (TPSA) is 17.1 Å². The number of carbonyl (C=O) groups excluding carboxylic acids is 1. The van der Waals surface area contributed by atoms with E-state index < -0.39 is 0 Å². The zero-order valence-electron chi connectivity index (χ0n) is 9.11. The first-order valence-electron chi connectivity index (χ1n) is 5.94. The van der Waals surface area contributed by atoms with E-state index >= 15 is 0 Å². The van der Waals surface area contributed by atoms with E-state index in [0.29, 0.717) is 12.5 Å². The predicted molar refractivity (Wildman–Crippen MR) is 64.8 cm³/mol.